The molecule has 8 aliphatic rings. The fourth-order valence-electron chi connectivity index (χ4n) is 16.3. The van der Waals surface area contributed by atoms with Gasteiger partial charge in [0.05, 0.1) is 17.8 Å². The fraction of sp³-hybridized carbons (Fsp3) is 0.755. The minimum atomic E-state index is -0.667. The Hall–Kier alpha value is -1.02. The van der Waals surface area contributed by atoms with E-state index in [0.29, 0.717) is 58.7 Å². The molecule has 2 aromatic carbocycles. The molecule has 0 aromatic heterocycles. The summed E-state index contributed by atoms with van der Waals surface area (Å²) in [4.78, 5) is 2.88. The number of nitrogens with zero attached hydrogens (tertiary/aromatic N) is 1. The molecule has 6 heteroatoms. The van der Waals surface area contributed by atoms with Gasteiger partial charge in [-0.3, -0.25) is 4.90 Å². The molecule has 0 radical (unpaired) electrons. The Morgan fingerprint density at radius 2 is 1.51 bits per heavy atom. The van der Waals surface area contributed by atoms with Crippen molar-refractivity contribution in [2.45, 2.75) is 151 Å². The van der Waals surface area contributed by atoms with E-state index in [0.717, 1.165) is 50.2 Å². The third-order valence-electron chi connectivity index (χ3n) is 18.6. The lowest BCUT2D eigenvalue weighted by Gasteiger charge is -2.62. The van der Waals surface area contributed by atoms with Gasteiger partial charge < -0.3 is 15.3 Å². The van der Waals surface area contributed by atoms with E-state index in [1.54, 1.807) is 16.7 Å². The molecule has 0 spiro atoms. The average Bonchev–Trinajstić information content (AvgIpc) is 3.82. The average molecular weight is 784 g/mol. The largest absolute Gasteiger partial charge is 0.393 e. The van der Waals surface area contributed by atoms with Gasteiger partial charge >= 0.3 is 0 Å². The van der Waals surface area contributed by atoms with Crippen molar-refractivity contribution >= 4 is 21.6 Å². The first-order valence-corrected chi connectivity index (χ1v) is 25.3. The number of fused-ring (bicyclic) bond motifs is 12. The molecule has 5 aliphatic carbocycles. The van der Waals surface area contributed by atoms with E-state index in [9.17, 15) is 15.3 Å². The second-order valence-corrected chi connectivity index (χ2v) is 23.6. The number of hydrogen-bond donors (Lipinski definition) is 3. The third kappa shape index (κ3) is 6.55. The summed E-state index contributed by atoms with van der Waals surface area (Å²) in [5.41, 5.74) is 4.51. The standard InChI is InChI=1S/C49H69NO3S2/c1-47-21-18-36(51)23-44(47)45(52)25-40-38-16-17-42-41(39(38)24-43(40)47)28-50-27-31-14-15-32(26-49(19-8-9-20-49)35-11-4-3-5-12-35)37-13-7-6-10-33(37)29-54-55-30-34(22-31)46(50)48(42,2)53/h3-7,10-13,31-32,34,36,38-46,51-53H,8-9,14-30H2,1-2H3. The van der Waals surface area contributed by atoms with Crippen LogP contribution in [0.4, 0.5) is 0 Å². The number of benzene rings is 2. The summed E-state index contributed by atoms with van der Waals surface area (Å²) in [6.07, 6.45) is 17.3. The van der Waals surface area contributed by atoms with E-state index in [1.807, 2.05) is 0 Å². The predicted octanol–water partition coefficient (Wildman–Crippen LogP) is 10.2. The van der Waals surface area contributed by atoms with E-state index in [1.165, 1.54) is 70.8 Å². The number of aliphatic hydroxyl groups is 3. The van der Waals surface area contributed by atoms with Gasteiger partial charge in [0, 0.05) is 30.6 Å². The summed E-state index contributed by atoms with van der Waals surface area (Å²) in [5, 5.41) is 35.2. The van der Waals surface area contributed by atoms with Gasteiger partial charge in [-0.15, -0.1) is 0 Å². The predicted molar refractivity (Wildman–Crippen MR) is 228 cm³/mol. The van der Waals surface area contributed by atoms with Gasteiger partial charge in [0.2, 0.25) is 0 Å². The van der Waals surface area contributed by atoms with Crippen LogP contribution in [-0.4, -0.2) is 62.9 Å². The van der Waals surface area contributed by atoms with Crippen molar-refractivity contribution < 1.29 is 15.3 Å². The minimum Gasteiger partial charge on any atom is -0.393 e. The van der Waals surface area contributed by atoms with Crippen molar-refractivity contribution in [2.75, 3.05) is 18.8 Å². The molecule has 2 bridgehead atoms. The molecule has 2 aromatic rings. The van der Waals surface area contributed by atoms with E-state index >= 15 is 0 Å². The van der Waals surface area contributed by atoms with Crippen LogP contribution in [0.15, 0.2) is 54.6 Å². The molecule has 3 aliphatic heterocycles. The smallest absolute Gasteiger partial charge is 0.0808 e. The summed E-state index contributed by atoms with van der Waals surface area (Å²) in [6.45, 7) is 7.09. The van der Waals surface area contributed by atoms with Crippen molar-refractivity contribution in [2.24, 2.45) is 58.7 Å². The highest BCUT2D eigenvalue weighted by atomic mass is 33.1. The summed E-state index contributed by atoms with van der Waals surface area (Å²) in [7, 11) is 4.16. The Balaban J connectivity index is 0.924. The summed E-state index contributed by atoms with van der Waals surface area (Å²) >= 11 is 0. The third-order valence-corrected chi connectivity index (χ3v) is 21.0. The van der Waals surface area contributed by atoms with Crippen LogP contribution in [0.5, 0.6) is 0 Å². The molecule has 3 heterocycles. The number of aliphatic hydroxyl groups excluding tert-OH is 2. The van der Waals surface area contributed by atoms with Crippen LogP contribution in [0.25, 0.3) is 0 Å². The number of rotatable bonds is 3. The highest BCUT2D eigenvalue weighted by molar-refractivity contribution is 8.76. The normalized spacial score (nSPS) is 46.7. The zero-order valence-electron chi connectivity index (χ0n) is 33.7. The molecule has 4 nitrogen and oxygen atoms in total. The maximum atomic E-state index is 13.0. The lowest BCUT2D eigenvalue weighted by Crippen LogP contribution is -2.70. The van der Waals surface area contributed by atoms with Crippen molar-refractivity contribution in [1.82, 2.24) is 4.90 Å². The maximum Gasteiger partial charge on any atom is 0.0808 e. The molecule has 15 unspecified atom stereocenters. The SMILES string of the molecule is CC1(O)C2CCC3C(CC4C3CC(O)C3CC(O)CCC34C)C2CN2CC3CCC(CC4(c5ccccc5)CCCC4)c4ccccc4CSSCC(C3)C21. The molecule has 5 saturated carbocycles. The van der Waals surface area contributed by atoms with Crippen molar-refractivity contribution in [1.29, 1.82) is 0 Å². The van der Waals surface area contributed by atoms with Gasteiger partial charge in [0.1, 0.15) is 0 Å². The first-order valence-electron chi connectivity index (χ1n) is 22.8. The topological polar surface area (TPSA) is 63.9 Å². The zero-order valence-corrected chi connectivity index (χ0v) is 35.4. The number of hydrogen-bond acceptors (Lipinski definition) is 6. The Labute approximate surface area is 340 Å². The molecule has 3 N–H and O–H groups in total. The van der Waals surface area contributed by atoms with Gasteiger partial charge in [-0.05, 0) is 177 Å². The van der Waals surface area contributed by atoms with Gasteiger partial charge in [0.15, 0.2) is 0 Å². The molecular weight excluding hydrogens is 715 g/mol. The molecule has 10 rings (SSSR count). The van der Waals surface area contributed by atoms with Crippen LogP contribution in [-0.2, 0) is 11.2 Å². The minimum absolute atomic E-state index is 0.141. The zero-order chi connectivity index (χ0) is 37.5. The van der Waals surface area contributed by atoms with E-state index in [4.69, 9.17) is 0 Å². The van der Waals surface area contributed by atoms with Crippen LogP contribution >= 0.6 is 21.6 Å². The summed E-state index contributed by atoms with van der Waals surface area (Å²) in [5.74, 6) is 7.77. The molecule has 15 atom stereocenters. The van der Waals surface area contributed by atoms with Crippen molar-refractivity contribution in [3.8, 4) is 0 Å². The second-order valence-electron chi connectivity index (χ2n) is 21.1. The van der Waals surface area contributed by atoms with E-state index in [-0.39, 0.29) is 29.6 Å². The number of piperidine rings is 2. The second kappa shape index (κ2) is 14.9. The Morgan fingerprint density at radius 1 is 0.709 bits per heavy atom. The van der Waals surface area contributed by atoms with Gasteiger partial charge in [-0.25, -0.2) is 0 Å². The van der Waals surface area contributed by atoms with Crippen LogP contribution in [0.3, 0.4) is 0 Å². The first-order chi connectivity index (χ1) is 26.6. The summed E-state index contributed by atoms with van der Waals surface area (Å²) < 4.78 is 0. The molecule has 55 heavy (non-hydrogen) atoms. The van der Waals surface area contributed by atoms with Gasteiger partial charge in [-0.1, -0.05) is 96.0 Å². The maximum absolute atomic E-state index is 13.0. The molecule has 300 valence electrons. The molecular formula is C49H69NO3S2. The van der Waals surface area contributed by atoms with Gasteiger partial charge in [-0.2, -0.15) is 0 Å². The van der Waals surface area contributed by atoms with E-state index in [2.05, 4.69) is 94.9 Å². The highest BCUT2D eigenvalue weighted by Gasteiger charge is 2.65. The van der Waals surface area contributed by atoms with Crippen molar-refractivity contribution in [3.63, 3.8) is 0 Å². The van der Waals surface area contributed by atoms with Crippen LogP contribution < -0.4 is 0 Å². The van der Waals surface area contributed by atoms with Crippen LogP contribution in [0.2, 0.25) is 0 Å². The van der Waals surface area contributed by atoms with Crippen molar-refractivity contribution in [3.05, 3.63) is 71.3 Å². The van der Waals surface area contributed by atoms with E-state index < -0.39 is 5.60 Å². The van der Waals surface area contributed by atoms with Crippen LogP contribution in [0, 0.1) is 58.7 Å². The van der Waals surface area contributed by atoms with Crippen LogP contribution in [0.1, 0.15) is 133 Å². The molecule has 7 fully saturated rings. The first kappa shape index (κ1) is 38.2. The molecule has 0 amide bonds. The van der Waals surface area contributed by atoms with Gasteiger partial charge in [0.25, 0.3) is 0 Å². The summed E-state index contributed by atoms with van der Waals surface area (Å²) in [6, 6.07) is 21.3. The Morgan fingerprint density at radius 3 is 2.35 bits per heavy atom. The highest BCUT2D eigenvalue weighted by Crippen LogP contribution is 2.67. The molecule has 2 saturated heterocycles. The quantitative estimate of drug-likeness (QED) is 0.270. The lowest BCUT2D eigenvalue weighted by molar-refractivity contribution is -0.190. The Kier molecular flexibility index (Phi) is 10.4. The fourth-order valence-corrected chi connectivity index (χ4v) is 18.8. The Bertz CT molecular complexity index is 1660. The monoisotopic (exact) mass is 783 g/mol. The lowest BCUT2D eigenvalue weighted by atomic mass is 9.51.